The molecule has 20 heavy (non-hydrogen) atoms. The number of ether oxygens (including phenoxy) is 1. The van der Waals surface area contributed by atoms with Crippen molar-refractivity contribution >= 4 is 59.4 Å². The maximum atomic E-state index is 6.21. The largest absolute Gasteiger partial charge is 0.486 e. The van der Waals surface area contributed by atoms with Crippen LogP contribution in [0.3, 0.4) is 0 Å². The lowest BCUT2D eigenvalue weighted by Crippen LogP contribution is -1.98. The molecule has 5 heteroatoms. The summed E-state index contributed by atoms with van der Waals surface area (Å²) in [5, 5.41) is 1.53. The summed E-state index contributed by atoms with van der Waals surface area (Å²) in [4.78, 5) is 0. The Morgan fingerprint density at radius 3 is 2.30 bits per heavy atom. The first kappa shape index (κ1) is 16.3. The molecule has 0 aliphatic carbocycles. The zero-order valence-electron chi connectivity index (χ0n) is 10.7. The van der Waals surface area contributed by atoms with E-state index in [0.29, 0.717) is 6.61 Å². The quantitative estimate of drug-likeness (QED) is 0.443. The van der Waals surface area contributed by atoms with Gasteiger partial charge in [-0.2, -0.15) is 0 Å². The topological polar surface area (TPSA) is 9.23 Å². The Labute approximate surface area is 149 Å². The number of halogens is 4. The predicted molar refractivity (Wildman–Crippen MR) is 95.0 cm³/mol. The minimum atomic E-state index is 0.434. The highest BCUT2D eigenvalue weighted by molar-refractivity contribution is 9.11. The van der Waals surface area contributed by atoms with Crippen LogP contribution in [0.4, 0.5) is 0 Å². The summed E-state index contributed by atoms with van der Waals surface area (Å²) >= 11 is 16.7. The molecular formula is C15H12Br3ClO. The van der Waals surface area contributed by atoms with Crippen molar-refractivity contribution < 1.29 is 4.74 Å². The Balaban J connectivity index is 2.19. The molecule has 0 saturated carbocycles. The number of benzene rings is 2. The summed E-state index contributed by atoms with van der Waals surface area (Å²) in [6.45, 7) is 2.45. The molecule has 0 aromatic heterocycles. The molecule has 106 valence electrons. The first-order valence-electron chi connectivity index (χ1n) is 5.93. The summed E-state index contributed by atoms with van der Waals surface area (Å²) in [5.41, 5.74) is 3.29. The van der Waals surface area contributed by atoms with Crippen LogP contribution in [0.15, 0.2) is 39.3 Å². The summed E-state index contributed by atoms with van der Waals surface area (Å²) in [6, 6.07) is 10.0. The maximum absolute atomic E-state index is 6.21. The normalized spacial score (nSPS) is 10.7. The van der Waals surface area contributed by atoms with Gasteiger partial charge in [0.1, 0.15) is 12.4 Å². The van der Waals surface area contributed by atoms with Gasteiger partial charge < -0.3 is 4.74 Å². The summed E-state index contributed by atoms with van der Waals surface area (Å²) in [5.74, 6) is 0.784. The fourth-order valence-corrected chi connectivity index (χ4v) is 3.87. The van der Waals surface area contributed by atoms with E-state index in [-0.39, 0.29) is 0 Å². The average molecular weight is 483 g/mol. The highest BCUT2D eigenvalue weighted by Gasteiger charge is 2.10. The van der Waals surface area contributed by atoms with Crippen molar-refractivity contribution in [1.29, 1.82) is 0 Å². The lowest BCUT2D eigenvalue weighted by atomic mass is 10.1. The number of rotatable bonds is 4. The second-order valence-corrected chi connectivity index (χ2v) is 7.08. The maximum Gasteiger partial charge on any atom is 0.148 e. The first-order chi connectivity index (χ1) is 9.51. The van der Waals surface area contributed by atoms with Crippen LogP contribution in [0.2, 0.25) is 5.02 Å². The van der Waals surface area contributed by atoms with Crippen LogP contribution in [0.5, 0.6) is 5.75 Å². The highest BCUT2D eigenvalue weighted by atomic mass is 79.9. The molecule has 0 aliphatic rings. The first-order valence-corrected chi connectivity index (χ1v) is 9.01. The van der Waals surface area contributed by atoms with Crippen molar-refractivity contribution in [3.63, 3.8) is 0 Å². The molecule has 0 radical (unpaired) electrons. The molecule has 2 aromatic carbocycles. The van der Waals surface area contributed by atoms with Gasteiger partial charge >= 0.3 is 0 Å². The molecule has 0 N–H and O–H groups in total. The van der Waals surface area contributed by atoms with Gasteiger partial charge in [-0.15, -0.1) is 0 Å². The lowest BCUT2D eigenvalue weighted by molar-refractivity contribution is 0.302. The Morgan fingerprint density at radius 1 is 1.10 bits per heavy atom. The molecule has 0 atom stereocenters. The van der Waals surface area contributed by atoms with Gasteiger partial charge in [-0.3, -0.25) is 0 Å². The standard InChI is InChI=1S/C15H12Br3ClO/c1-9-2-3-11(14(19)4-9)8-20-15-12(17)5-10(7-16)6-13(15)18/h2-6H,7-8H2,1H3. The van der Waals surface area contributed by atoms with E-state index in [4.69, 9.17) is 16.3 Å². The number of alkyl halides is 1. The third-order valence-corrected chi connectivity index (χ3v) is 4.97. The van der Waals surface area contributed by atoms with Crippen molar-refractivity contribution in [2.45, 2.75) is 18.9 Å². The molecule has 0 fully saturated rings. The molecular weight excluding hydrogens is 471 g/mol. The van der Waals surface area contributed by atoms with Crippen LogP contribution in [0.25, 0.3) is 0 Å². The van der Waals surface area contributed by atoms with Crippen molar-refractivity contribution in [2.24, 2.45) is 0 Å². The zero-order valence-corrected chi connectivity index (χ0v) is 16.2. The molecule has 0 aliphatic heterocycles. The van der Waals surface area contributed by atoms with Crippen molar-refractivity contribution in [3.8, 4) is 5.75 Å². The van der Waals surface area contributed by atoms with E-state index in [2.05, 4.69) is 47.8 Å². The van der Waals surface area contributed by atoms with Crippen molar-refractivity contribution in [3.05, 3.63) is 61.0 Å². The lowest BCUT2D eigenvalue weighted by Gasteiger charge is -2.13. The fraction of sp³-hybridized carbons (Fsp3) is 0.200. The van der Waals surface area contributed by atoms with Gasteiger partial charge in [0.15, 0.2) is 0 Å². The van der Waals surface area contributed by atoms with E-state index >= 15 is 0 Å². The van der Waals surface area contributed by atoms with Crippen LogP contribution >= 0.6 is 59.4 Å². The fourth-order valence-electron chi connectivity index (χ4n) is 1.75. The van der Waals surface area contributed by atoms with Gasteiger partial charge in [-0.05, 0) is 68.1 Å². The van der Waals surface area contributed by atoms with E-state index in [1.165, 1.54) is 5.56 Å². The SMILES string of the molecule is Cc1ccc(COc2c(Br)cc(CBr)cc2Br)c(Cl)c1. The zero-order chi connectivity index (χ0) is 14.7. The van der Waals surface area contributed by atoms with Crippen molar-refractivity contribution in [1.82, 2.24) is 0 Å². The van der Waals surface area contributed by atoms with Gasteiger partial charge in [-0.25, -0.2) is 0 Å². The number of hydrogen-bond acceptors (Lipinski definition) is 1. The molecule has 0 spiro atoms. The third-order valence-electron chi connectivity index (χ3n) is 2.79. The number of aryl methyl sites for hydroxylation is 1. The Hall–Kier alpha value is -0.0300. The molecule has 0 amide bonds. The van der Waals surface area contributed by atoms with Crippen molar-refractivity contribution in [2.75, 3.05) is 0 Å². The molecule has 0 bridgehead atoms. The van der Waals surface area contributed by atoms with Crippen LogP contribution < -0.4 is 4.74 Å². The van der Waals surface area contributed by atoms with E-state index in [0.717, 1.165) is 36.2 Å². The third kappa shape index (κ3) is 4.00. The van der Waals surface area contributed by atoms with Crippen LogP contribution in [-0.2, 0) is 11.9 Å². The molecule has 0 heterocycles. The van der Waals surface area contributed by atoms with E-state index in [1.54, 1.807) is 0 Å². The Kier molecular flexibility index (Phi) is 5.96. The van der Waals surface area contributed by atoms with Gasteiger partial charge in [0.25, 0.3) is 0 Å². The minimum absolute atomic E-state index is 0.434. The van der Waals surface area contributed by atoms with E-state index in [9.17, 15) is 0 Å². The second-order valence-electron chi connectivity index (χ2n) is 4.41. The van der Waals surface area contributed by atoms with Gasteiger partial charge in [0.2, 0.25) is 0 Å². The Bertz CT molecular complexity index is 606. The van der Waals surface area contributed by atoms with Gasteiger partial charge in [0, 0.05) is 15.9 Å². The monoisotopic (exact) mass is 480 g/mol. The molecule has 2 rings (SSSR count). The van der Waals surface area contributed by atoms with E-state index in [1.807, 2.05) is 37.3 Å². The summed E-state index contributed by atoms with van der Waals surface area (Å²) in [6.07, 6.45) is 0. The molecule has 0 saturated heterocycles. The second kappa shape index (κ2) is 7.30. The van der Waals surface area contributed by atoms with Crippen LogP contribution in [0, 0.1) is 6.92 Å². The number of hydrogen-bond donors (Lipinski definition) is 0. The van der Waals surface area contributed by atoms with Gasteiger partial charge in [-0.1, -0.05) is 39.7 Å². The van der Waals surface area contributed by atoms with Crippen LogP contribution in [-0.4, -0.2) is 0 Å². The molecule has 2 aromatic rings. The van der Waals surface area contributed by atoms with Crippen LogP contribution in [0.1, 0.15) is 16.7 Å². The minimum Gasteiger partial charge on any atom is -0.486 e. The Morgan fingerprint density at radius 2 is 1.75 bits per heavy atom. The van der Waals surface area contributed by atoms with E-state index < -0.39 is 0 Å². The highest BCUT2D eigenvalue weighted by Crippen LogP contribution is 2.36. The summed E-state index contributed by atoms with van der Waals surface area (Å²) in [7, 11) is 0. The molecule has 0 unspecified atom stereocenters. The molecule has 1 nitrogen and oxygen atoms in total. The van der Waals surface area contributed by atoms with Gasteiger partial charge in [0.05, 0.1) is 8.95 Å². The summed E-state index contributed by atoms with van der Waals surface area (Å²) < 4.78 is 7.72. The predicted octanol–water partition coefficient (Wildman–Crippen LogP) is 6.65. The average Bonchev–Trinajstić information content (AvgIpc) is 2.39. The smallest absolute Gasteiger partial charge is 0.148 e.